The van der Waals surface area contributed by atoms with Gasteiger partial charge in [0.1, 0.15) is 0 Å². The average molecular weight is 354 g/mol. The number of carbonyl (C=O) groups is 1. The summed E-state index contributed by atoms with van der Waals surface area (Å²) >= 11 is 4.60. The number of rotatable bonds is 6. The van der Waals surface area contributed by atoms with Gasteiger partial charge in [0.2, 0.25) is 11.0 Å². The van der Waals surface area contributed by atoms with Crippen LogP contribution in [-0.2, 0) is 4.79 Å². The van der Waals surface area contributed by atoms with Gasteiger partial charge in [-0.2, -0.15) is 0 Å². The summed E-state index contributed by atoms with van der Waals surface area (Å²) in [6, 6.07) is 8.17. The van der Waals surface area contributed by atoms with Crippen LogP contribution in [0.15, 0.2) is 33.5 Å². The molecular formula is C15H19N3OS3. The molecule has 0 aliphatic rings. The Hall–Kier alpha value is -1.05. The number of carbonyl (C=O) groups excluding carboxylic acids is 1. The molecule has 1 amide bonds. The first-order valence-electron chi connectivity index (χ1n) is 6.98. The molecule has 7 heteroatoms. The van der Waals surface area contributed by atoms with Crippen molar-refractivity contribution in [3.8, 4) is 0 Å². The van der Waals surface area contributed by atoms with Gasteiger partial charge in [-0.05, 0) is 26.0 Å². The van der Waals surface area contributed by atoms with Gasteiger partial charge in [0.05, 0.1) is 5.25 Å². The lowest BCUT2D eigenvalue weighted by atomic mass is 10.2. The summed E-state index contributed by atoms with van der Waals surface area (Å²) in [4.78, 5) is 13.3. The van der Waals surface area contributed by atoms with Crippen LogP contribution in [0.4, 0.5) is 5.13 Å². The van der Waals surface area contributed by atoms with Crippen LogP contribution < -0.4 is 5.32 Å². The zero-order valence-electron chi connectivity index (χ0n) is 13.0. The van der Waals surface area contributed by atoms with E-state index in [0.717, 1.165) is 9.24 Å². The number of nitrogens with zero attached hydrogens (tertiary/aromatic N) is 2. The summed E-state index contributed by atoms with van der Waals surface area (Å²) in [5, 5.41) is 11.8. The van der Waals surface area contributed by atoms with E-state index in [0.29, 0.717) is 10.4 Å². The zero-order chi connectivity index (χ0) is 16.1. The van der Waals surface area contributed by atoms with Gasteiger partial charge in [0, 0.05) is 10.1 Å². The number of thioether (sulfide) groups is 2. The number of aryl methyl sites for hydroxylation is 1. The predicted molar refractivity (Wildman–Crippen MR) is 96.0 cm³/mol. The Morgan fingerprint density at radius 1 is 1.14 bits per heavy atom. The topological polar surface area (TPSA) is 54.9 Å². The molecule has 1 heterocycles. The number of amides is 1. The van der Waals surface area contributed by atoms with Crippen LogP contribution in [0.25, 0.3) is 0 Å². The van der Waals surface area contributed by atoms with Gasteiger partial charge in [-0.25, -0.2) is 0 Å². The summed E-state index contributed by atoms with van der Waals surface area (Å²) in [5.41, 5.74) is 1.21. The van der Waals surface area contributed by atoms with E-state index in [4.69, 9.17) is 0 Å². The first-order valence-corrected chi connectivity index (χ1v) is 9.56. The number of anilines is 1. The third-order valence-electron chi connectivity index (χ3n) is 2.68. The number of hydrogen-bond donors (Lipinski definition) is 1. The number of hydrogen-bond acceptors (Lipinski definition) is 6. The first-order chi connectivity index (χ1) is 10.4. The maximum Gasteiger partial charge on any atom is 0.239 e. The van der Waals surface area contributed by atoms with Crippen LogP contribution in [0, 0.1) is 6.92 Å². The molecule has 0 bridgehead atoms. The molecule has 0 saturated heterocycles. The summed E-state index contributed by atoms with van der Waals surface area (Å²) in [6.07, 6.45) is 0. The summed E-state index contributed by atoms with van der Waals surface area (Å²) in [7, 11) is 0. The monoisotopic (exact) mass is 353 g/mol. The van der Waals surface area contributed by atoms with Crippen molar-refractivity contribution in [1.29, 1.82) is 0 Å². The van der Waals surface area contributed by atoms with E-state index in [2.05, 4.69) is 29.4 Å². The largest absolute Gasteiger partial charge is 0.300 e. The highest BCUT2D eigenvalue weighted by atomic mass is 32.2. The minimum absolute atomic E-state index is 0.0529. The average Bonchev–Trinajstić information content (AvgIpc) is 2.87. The molecule has 0 radical (unpaired) electrons. The SMILES string of the molecule is Cc1ccc(S[C@H](C)C(=O)Nc2nnc(SC(C)C)s2)cc1. The van der Waals surface area contributed by atoms with Crippen molar-refractivity contribution >= 4 is 45.9 Å². The maximum absolute atomic E-state index is 12.2. The van der Waals surface area contributed by atoms with Crippen LogP contribution in [-0.4, -0.2) is 26.6 Å². The lowest BCUT2D eigenvalue weighted by Gasteiger charge is -2.10. The summed E-state index contributed by atoms with van der Waals surface area (Å²) in [6.45, 7) is 8.15. The Kier molecular flexibility index (Phi) is 6.28. The predicted octanol–water partition coefficient (Wildman–Crippen LogP) is 4.47. The molecule has 1 atom stereocenters. The van der Waals surface area contributed by atoms with Gasteiger partial charge in [0.15, 0.2) is 4.34 Å². The second kappa shape index (κ2) is 7.99. The Balaban J connectivity index is 1.90. The Bertz CT molecular complexity index is 625. The molecule has 1 aromatic carbocycles. The van der Waals surface area contributed by atoms with E-state index in [1.807, 2.05) is 38.1 Å². The molecule has 0 aliphatic carbocycles. The Morgan fingerprint density at radius 2 is 1.82 bits per heavy atom. The smallest absolute Gasteiger partial charge is 0.239 e. The Morgan fingerprint density at radius 3 is 2.45 bits per heavy atom. The molecular weight excluding hydrogens is 334 g/mol. The fraction of sp³-hybridized carbons (Fsp3) is 0.400. The van der Waals surface area contributed by atoms with Gasteiger partial charge in [-0.15, -0.1) is 22.0 Å². The number of benzene rings is 1. The molecule has 2 aromatic rings. The van der Waals surface area contributed by atoms with Crippen molar-refractivity contribution in [2.75, 3.05) is 5.32 Å². The van der Waals surface area contributed by atoms with E-state index in [9.17, 15) is 4.79 Å². The zero-order valence-corrected chi connectivity index (χ0v) is 15.4. The fourth-order valence-corrected chi connectivity index (χ4v) is 4.44. The molecule has 0 unspecified atom stereocenters. The highest BCUT2D eigenvalue weighted by Gasteiger charge is 2.17. The molecule has 22 heavy (non-hydrogen) atoms. The van der Waals surface area contributed by atoms with E-state index < -0.39 is 0 Å². The highest BCUT2D eigenvalue weighted by Crippen LogP contribution is 2.29. The molecule has 1 N–H and O–H groups in total. The van der Waals surface area contributed by atoms with E-state index in [-0.39, 0.29) is 11.2 Å². The normalized spacial score (nSPS) is 12.4. The minimum Gasteiger partial charge on any atom is -0.300 e. The van der Waals surface area contributed by atoms with Crippen molar-refractivity contribution in [3.63, 3.8) is 0 Å². The van der Waals surface area contributed by atoms with Crippen LogP contribution in [0.5, 0.6) is 0 Å². The van der Waals surface area contributed by atoms with E-state index >= 15 is 0 Å². The van der Waals surface area contributed by atoms with Crippen LogP contribution >= 0.6 is 34.9 Å². The second-order valence-corrected chi connectivity index (χ2v) is 9.32. The van der Waals surface area contributed by atoms with Gasteiger partial charge in [0.25, 0.3) is 0 Å². The maximum atomic E-state index is 12.2. The molecule has 0 aliphatic heterocycles. The number of nitrogens with one attached hydrogen (secondary N) is 1. The third-order valence-corrected chi connectivity index (χ3v) is 5.71. The van der Waals surface area contributed by atoms with Crippen molar-refractivity contribution in [1.82, 2.24) is 10.2 Å². The first kappa shape index (κ1) is 17.3. The van der Waals surface area contributed by atoms with Crippen molar-refractivity contribution in [2.45, 2.75) is 47.4 Å². The lowest BCUT2D eigenvalue weighted by molar-refractivity contribution is -0.115. The molecule has 0 spiro atoms. The summed E-state index contributed by atoms with van der Waals surface area (Å²) in [5.74, 6) is -0.0529. The molecule has 0 fully saturated rings. The molecule has 0 saturated carbocycles. The molecule has 4 nitrogen and oxygen atoms in total. The summed E-state index contributed by atoms with van der Waals surface area (Å²) < 4.78 is 0.879. The van der Waals surface area contributed by atoms with Crippen LogP contribution in [0.3, 0.4) is 0 Å². The van der Waals surface area contributed by atoms with Gasteiger partial charge in [-0.3, -0.25) is 10.1 Å². The van der Waals surface area contributed by atoms with Crippen LogP contribution in [0.2, 0.25) is 0 Å². The Labute approximate surface area is 143 Å². The van der Waals surface area contributed by atoms with Gasteiger partial charge >= 0.3 is 0 Å². The van der Waals surface area contributed by atoms with Crippen molar-refractivity contribution in [2.24, 2.45) is 0 Å². The minimum atomic E-state index is -0.187. The quantitative estimate of drug-likeness (QED) is 0.613. The van der Waals surface area contributed by atoms with Crippen molar-refractivity contribution < 1.29 is 4.79 Å². The molecule has 1 aromatic heterocycles. The van der Waals surface area contributed by atoms with Crippen molar-refractivity contribution in [3.05, 3.63) is 29.8 Å². The highest BCUT2D eigenvalue weighted by molar-refractivity contribution is 8.01. The fourth-order valence-electron chi connectivity index (χ4n) is 1.59. The standard InChI is InChI=1S/C15H19N3OS3/c1-9(2)20-15-18-17-14(22-15)16-13(19)11(4)21-12-7-5-10(3)6-8-12/h5-9,11H,1-4H3,(H,16,17,19)/t11-/m1/s1. The number of aromatic nitrogens is 2. The molecule has 118 valence electrons. The van der Waals surface area contributed by atoms with E-state index in [1.54, 1.807) is 11.8 Å². The van der Waals surface area contributed by atoms with Gasteiger partial charge in [-0.1, -0.05) is 54.6 Å². The van der Waals surface area contributed by atoms with Gasteiger partial charge < -0.3 is 0 Å². The molecule has 2 rings (SSSR count). The third kappa shape index (κ3) is 5.30. The lowest BCUT2D eigenvalue weighted by Crippen LogP contribution is -2.22. The second-order valence-electron chi connectivity index (χ2n) is 5.10. The van der Waals surface area contributed by atoms with E-state index in [1.165, 1.54) is 28.7 Å². The van der Waals surface area contributed by atoms with Crippen LogP contribution in [0.1, 0.15) is 26.3 Å².